The van der Waals surface area contributed by atoms with Crippen molar-refractivity contribution in [3.63, 3.8) is 0 Å². The molecule has 1 aliphatic heterocycles. The number of pyridine rings is 2. The van der Waals surface area contributed by atoms with Crippen LogP contribution in [0.4, 0.5) is 0 Å². The van der Waals surface area contributed by atoms with E-state index in [1.807, 2.05) is 6.07 Å². The molecule has 2 aromatic heterocycles. The zero-order valence-electron chi connectivity index (χ0n) is 14.6. The van der Waals surface area contributed by atoms with Crippen molar-refractivity contribution < 1.29 is 9.84 Å². The highest BCUT2D eigenvalue weighted by atomic mass is 79.9. The average molecular weight is 448 g/mol. The molecule has 0 atom stereocenters. The molecule has 0 saturated carbocycles. The summed E-state index contributed by atoms with van der Waals surface area (Å²) >= 11 is 14.8. The second-order valence-electron chi connectivity index (χ2n) is 7.24. The van der Waals surface area contributed by atoms with Crippen molar-refractivity contribution in [3.8, 4) is 5.75 Å². The Labute approximate surface area is 166 Å². The molecular formula is C18H21BrCl2N2O2. The van der Waals surface area contributed by atoms with Crippen LogP contribution in [0.2, 0.25) is 10.3 Å². The van der Waals surface area contributed by atoms with Crippen LogP contribution in [0.15, 0.2) is 29.0 Å². The molecule has 1 N–H and O–H groups in total. The topological polar surface area (TPSA) is 55.2 Å². The van der Waals surface area contributed by atoms with Crippen molar-refractivity contribution in [2.75, 3.05) is 0 Å². The number of fused-ring (bicyclic) bond motifs is 1. The minimum atomic E-state index is -0.729. The van der Waals surface area contributed by atoms with E-state index in [1.54, 1.807) is 32.3 Å². The van der Waals surface area contributed by atoms with Gasteiger partial charge in [0.15, 0.2) is 0 Å². The summed E-state index contributed by atoms with van der Waals surface area (Å²) in [5, 5.41) is 10.6. The minimum absolute atomic E-state index is 0.102. The Balaban J connectivity index is 0.000000181. The van der Waals surface area contributed by atoms with Gasteiger partial charge >= 0.3 is 0 Å². The molecule has 136 valence electrons. The standard InChI is InChI=1S/C9H11BrClNO.C9H10ClNO/c1-9(2,13)4-6-3-8(11)12-5-7(6)10;1-9(2)4-6-3-8(10)11-5-7(6)12-9/h3,5,13H,4H2,1-2H3;3,5H,4H2,1-2H3. The molecule has 25 heavy (non-hydrogen) atoms. The van der Waals surface area contributed by atoms with E-state index in [2.05, 4.69) is 39.7 Å². The van der Waals surface area contributed by atoms with E-state index in [-0.39, 0.29) is 5.60 Å². The van der Waals surface area contributed by atoms with Crippen LogP contribution in [0.25, 0.3) is 0 Å². The summed E-state index contributed by atoms with van der Waals surface area (Å²) in [6.07, 6.45) is 4.79. The Morgan fingerprint density at radius 1 is 1.20 bits per heavy atom. The number of hydrogen-bond acceptors (Lipinski definition) is 4. The van der Waals surface area contributed by atoms with Crippen LogP contribution in [0.3, 0.4) is 0 Å². The summed E-state index contributed by atoms with van der Waals surface area (Å²) in [7, 11) is 0. The zero-order valence-corrected chi connectivity index (χ0v) is 17.7. The fraction of sp³-hybridized carbons (Fsp3) is 0.444. The smallest absolute Gasteiger partial charge is 0.141 e. The lowest BCUT2D eigenvalue weighted by Crippen LogP contribution is -2.24. The second kappa shape index (κ2) is 7.78. The molecule has 0 radical (unpaired) electrons. The fourth-order valence-electron chi connectivity index (χ4n) is 2.53. The monoisotopic (exact) mass is 446 g/mol. The number of aromatic nitrogens is 2. The van der Waals surface area contributed by atoms with Crippen LogP contribution in [-0.2, 0) is 12.8 Å². The van der Waals surface area contributed by atoms with E-state index >= 15 is 0 Å². The lowest BCUT2D eigenvalue weighted by Gasteiger charge is -2.17. The van der Waals surface area contributed by atoms with Crippen molar-refractivity contribution in [2.45, 2.75) is 51.7 Å². The molecule has 0 aliphatic carbocycles. The van der Waals surface area contributed by atoms with E-state index in [9.17, 15) is 5.11 Å². The molecule has 7 heteroatoms. The Kier molecular flexibility index (Phi) is 6.36. The second-order valence-corrected chi connectivity index (χ2v) is 8.87. The highest BCUT2D eigenvalue weighted by Crippen LogP contribution is 2.34. The summed E-state index contributed by atoms with van der Waals surface area (Å²) in [5.41, 5.74) is 1.29. The molecule has 0 fully saturated rings. The van der Waals surface area contributed by atoms with E-state index in [0.717, 1.165) is 27.8 Å². The first-order valence-electron chi connectivity index (χ1n) is 7.81. The summed E-state index contributed by atoms with van der Waals surface area (Å²) in [6, 6.07) is 3.62. The summed E-state index contributed by atoms with van der Waals surface area (Å²) in [6.45, 7) is 7.63. The van der Waals surface area contributed by atoms with Crippen molar-refractivity contribution in [2.24, 2.45) is 0 Å². The molecule has 2 aromatic rings. The molecule has 1 aliphatic rings. The van der Waals surface area contributed by atoms with E-state index in [4.69, 9.17) is 27.9 Å². The Morgan fingerprint density at radius 3 is 2.44 bits per heavy atom. The quantitative estimate of drug-likeness (QED) is 0.638. The van der Waals surface area contributed by atoms with Crippen LogP contribution in [0, 0.1) is 0 Å². The largest absolute Gasteiger partial charge is 0.486 e. The number of rotatable bonds is 2. The number of hydrogen-bond donors (Lipinski definition) is 1. The maximum Gasteiger partial charge on any atom is 0.141 e. The average Bonchev–Trinajstić information content (AvgIpc) is 2.75. The maximum absolute atomic E-state index is 9.60. The minimum Gasteiger partial charge on any atom is -0.486 e. The highest BCUT2D eigenvalue weighted by Gasteiger charge is 2.30. The van der Waals surface area contributed by atoms with E-state index in [0.29, 0.717) is 16.7 Å². The third kappa shape index (κ3) is 6.41. The van der Waals surface area contributed by atoms with Crippen molar-refractivity contribution in [1.29, 1.82) is 0 Å². The van der Waals surface area contributed by atoms with Crippen LogP contribution >= 0.6 is 39.1 Å². The molecular weight excluding hydrogens is 427 g/mol. The third-order valence-electron chi connectivity index (χ3n) is 3.44. The number of halogens is 3. The summed E-state index contributed by atoms with van der Waals surface area (Å²) < 4.78 is 6.50. The van der Waals surface area contributed by atoms with Crippen molar-refractivity contribution >= 4 is 39.1 Å². The van der Waals surface area contributed by atoms with Crippen LogP contribution in [-0.4, -0.2) is 26.3 Å². The number of aliphatic hydroxyl groups is 1. The Bertz CT molecular complexity index is 761. The highest BCUT2D eigenvalue weighted by molar-refractivity contribution is 9.10. The molecule has 0 bridgehead atoms. The number of ether oxygens (including phenoxy) is 1. The molecule has 3 heterocycles. The van der Waals surface area contributed by atoms with Gasteiger partial charge < -0.3 is 9.84 Å². The van der Waals surface area contributed by atoms with E-state index in [1.165, 1.54) is 0 Å². The molecule has 0 saturated heterocycles. The van der Waals surface area contributed by atoms with Gasteiger partial charge in [-0.05, 0) is 61.3 Å². The van der Waals surface area contributed by atoms with Crippen LogP contribution < -0.4 is 4.74 Å². The van der Waals surface area contributed by atoms with Gasteiger partial charge in [-0.1, -0.05) is 23.2 Å². The van der Waals surface area contributed by atoms with Gasteiger partial charge in [-0.3, -0.25) is 0 Å². The lowest BCUT2D eigenvalue weighted by atomic mass is 10.00. The molecule has 0 unspecified atom stereocenters. The maximum atomic E-state index is 9.60. The lowest BCUT2D eigenvalue weighted by molar-refractivity contribution is 0.0808. The first-order valence-corrected chi connectivity index (χ1v) is 9.36. The number of nitrogens with zero attached hydrogens (tertiary/aromatic N) is 2. The molecule has 0 amide bonds. The van der Waals surface area contributed by atoms with E-state index < -0.39 is 5.60 Å². The van der Waals surface area contributed by atoms with Crippen molar-refractivity contribution in [3.05, 3.63) is 50.4 Å². The zero-order chi connectivity index (χ0) is 18.8. The van der Waals surface area contributed by atoms with Gasteiger partial charge in [0.2, 0.25) is 0 Å². The third-order valence-corrected chi connectivity index (χ3v) is 4.57. The van der Waals surface area contributed by atoms with Gasteiger partial charge in [-0.2, -0.15) is 0 Å². The van der Waals surface area contributed by atoms with Crippen LogP contribution in [0.1, 0.15) is 38.8 Å². The van der Waals surface area contributed by atoms with Crippen LogP contribution in [0.5, 0.6) is 5.75 Å². The van der Waals surface area contributed by atoms with Gasteiger partial charge in [0.1, 0.15) is 21.7 Å². The predicted octanol–water partition coefficient (Wildman–Crippen LogP) is 5.26. The van der Waals surface area contributed by atoms with Gasteiger partial charge in [0, 0.05) is 29.1 Å². The van der Waals surface area contributed by atoms with Gasteiger partial charge in [0.05, 0.1) is 11.8 Å². The molecule has 4 nitrogen and oxygen atoms in total. The molecule has 0 spiro atoms. The first-order chi connectivity index (χ1) is 11.5. The first kappa shape index (κ1) is 20.4. The summed E-state index contributed by atoms with van der Waals surface area (Å²) in [5.74, 6) is 0.865. The summed E-state index contributed by atoms with van der Waals surface area (Å²) in [4.78, 5) is 7.86. The van der Waals surface area contributed by atoms with Gasteiger partial charge in [-0.15, -0.1) is 0 Å². The van der Waals surface area contributed by atoms with Gasteiger partial charge in [-0.25, -0.2) is 9.97 Å². The van der Waals surface area contributed by atoms with Crippen molar-refractivity contribution in [1.82, 2.24) is 9.97 Å². The fourth-order valence-corrected chi connectivity index (χ4v) is 3.25. The molecule has 3 rings (SSSR count). The normalized spacial score (nSPS) is 15.0. The predicted molar refractivity (Wildman–Crippen MR) is 105 cm³/mol. The SMILES string of the molecule is CC(C)(O)Cc1cc(Cl)ncc1Br.CC1(C)Cc2cc(Cl)ncc2O1. The van der Waals surface area contributed by atoms with Gasteiger partial charge in [0.25, 0.3) is 0 Å². The molecule has 0 aromatic carbocycles. The Morgan fingerprint density at radius 2 is 1.80 bits per heavy atom. The Hall–Kier alpha value is -0.880.